The summed E-state index contributed by atoms with van der Waals surface area (Å²) in [5.74, 6) is -0.305. The molecule has 0 spiro atoms. The highest BCUT2D eigenvalue weighted by Gasteiger charge is 2.27. The maximum Gasteiger partial charge on any atom is 0.246 e. The molecule has 2 rings (SSSR count). The molecule has 6 heteroatoms. The first-order chi connectivity index (χ1) is 9.02. The van der Waals surface area contributed by atoms with Crippen molar-refractivity contribution in [3.8, 4) is 0 Å². The van der Waals surface area contributed by atoms with E-state index in [1.165, 1.54) is 11.0 Å². The van der Waals surface area contributed by atoms with E-state index in [2.05, 4.69) is 11.7 Å². The standard InChI is InChI=1S/C13H18N4O2/c1-4-12(18)15(3)9-13(19)16-8-11-5-6-14-17(11)7-10(16)2/h4-6,10H,1,7-9H2,2-3H3. The second-order valence-corrected chi connectivity index (χ2v) is 4.77. The maximum absolute atomic E-state index is 12.2. The minimum atomic E-state index is -0.247. The van der Waals surface area contributed by atoms with Crippen molar-refractivity contribution in [1.82, 2.24) is 19.6 Å². The summed E-state index contributed by atoms with van der Waals surface area (Å²) in [7, 11) is 1.60. The molecule has 6 nitrogen and oxygen atoms in total. The highest BCUT2D eigenvalue weighted by molar-refractivity contribution is 5.90. The van der Waals surface area contributed by atoms with Crippen molar-refractivity contribution in [3.05, 3.63) is 30.6 Å². The zero-order valence-electron chi connectivity index (χ0n) is 11.2. The number of nitrogens with zero attached hydrogens (tertiary/aromatic N) is 4. The molecule has 0 N–H and O–H groups in total. The summed E-state index contributed by atoms with van der Waals surface area (Å²) in [5, 5.41) is 4.20. The lowest BCUT2D eigenvalue weighted by Gasteiger charge is -2.34. The van der Waals surface area contributed by atoms with Gasteiger partial charge in [0.15, 0.2) is 0 Å². The Hall–Kier alpha value is -2.11. The van der Waals surface area contributed by atoms with E-state index in [9.17, 15) is 9.59 Å². The van der Waals surface area contributed by atoms with Gasteiger partial charge in [-0.3, -0.25) is 14.3 Å². The zero-order chi connectivity index (χ0) is 14.0. The third-order valence-electron chi connectivity index (χ3n) is 3.35. The second kappa shape index (κ2) is 5.26. The Labute approximate surface area is 112 Å². The highest BCUT2D eigenvalue weighted by atomic mass is 16.2. The van der Waals surface area contributed by atoms with Gasteiger partial charge < -0.3 is 9.80 Å². The Morgan fingerprint density at radius 1 is 1.63 bits per heavy atom. The molecule has 0 saturated heterocycles. The van der Waals surface area contributed by atoms with Gasteiger partial charge in [0.25, 0.3) is 0 Å². The molecular weight excluding hydrogens is 244 g/mol. The molecule has 19 heavy (non-hydrogen) atoms. The van der Waals surface area contributed by atoms with Crippen LogP contribution in [-0.2, 0) is 22.7 Å². The van der Waals surface area contributed by atoms with Gasteiger partial charge in [-0.05, 0) is 19.1 Å². The first kappa shape index (κ1) is 13.3. The van der Waals surface area contributed by atoms with Gasteiger partial charge in [0.05, 0.1) is 25.3 Å². The number of hydrogen-bond acceptors (Lipinski definition) is 3. The van der Waals surface area contributed by atoms with Crippen LogP contribution in [0.4, 0.5) is 0 Å². The Morgan fingerprint density at radius 2 is 2.37 bits per heavy atom. The van der Waals surface area contributed by atoms with Crippen LogP contribution in [0.3, 0.4) is 0 Å². The van der Waals surface area contributed by atoms with Crippen LogP contribution in [0.25, 0.3) is 0 Å². The van der Waals surface area contributed by atoms with E-state index >= 15 is 0 Å². The van der Waals surface area contributed by atoms with E-state index in [1.807, 2.05) is 17.7 Å². The van der Waals surface area contributed by atoms with Crippen molar-refractivity contribution in [3.63, 3.8) is 0 Å². The molecule has 0 aromatic carbocycles. The van der Waals surface area contributed by atoms with Gasteiger partial charge in [-0.2, -0.15) is 5.10 Å². The van der Waals surface area contributed by atoms with Gasteiger partial charge >= 0.3 is 0 Å². The van der Waals surface area contributed by atoms with Crippen LogP contribution in [0.15, 0.2) is 24.9 Å². The number of rotatable bonds is 3. The largest absolute Gasteiger partial charge is 0.333 e. The first-order valence-electron chi connectivity index (χ1n) is 6.20. The number of carbonyl (C=O) groups excluding carboxylic acids is 2. The summed E-state index contributed by atoms with van der Waals surface area (Å²) in [6.07, 6.45) is 2.95. The summed E-state index contributed by atoms with van der Waals surface area (Å²) < 4.78 is 1.91. The molecular formula is C13H18N4O2. The van der Waals surface area contributed by atoms with Crippen molar-refractivity contribution >= 4 is 11.8 Å². The van der Waals surface area contributed by atoms with Crippen molar-refractivity contribution in [2.75, 3.05) is 13.6 Å². The lowest BCUT2D eigenvalue weighted by molar-refractivity contribution is -0.140. The minimum absolute atomic E-state index is 0.0577. The number of aromatic nitrogens is 2. The number of likely N-dealkylation sites (N-methyl/N-ethyl adjacent to an activating group) is 1. The quantitative estimate of drug-likeness (QED) is 0.734. The van der Waals surface area contributed by atoms with Crippen LogP contribution in [0.5, 0.6) is 0 Å². The maximum atomic E-state index is 12.2. The lowest BCUT2D eigenvalue weighted by Crippen LogP contribution is -2.48. The third-order valence-corrected chi connectivity index (χ3v) is 3.35. The Balaban J connectivity index is 2.04. The monoisotopic (exact) mass is 262 g/mol. The normalized spacial score (nSPS) is 17.8. The molecule has 0 aliphatic carbocycles. The molecule has 0 bridgehead atoms. The average molecular weight is 262 g/mol. The van der Waals surface area contributed by atoms with Crippen LogP contribution in [0, 0.1) is 0 Å². The van der Waals surface area contributed by atoms with Crippen LogP contribution in [-0.4, -0.2) is 51.0 Å². The Kier molecular flexibility index (Phi) is 3.69. The predicted octanol–water partition coefficient (Wildman–Crippen LogP) is 0.258. The van der Waals surface area contributed by atoms with E-state index < -0.39 is 0 Å². The smallest absolute Gasteiger partial charge is 0.246 e. The zero-order valence-corrected chi connectivity index (χ0v) is 11.2. The van der Waals surface area contributed by atoms with Gasteiger partial charge in [-0.1, -0.05) is 6.58 Å². The summed E-state index contributed by atoms with van der Waals surface area (Å²) in [6.45, 7) is 6.69. The van der Waals surface area contributed by atoms with Gasteiger partial charge in [0.1, 0.15) is 0 Å². The Morgan fingerprint density at radius 3 is 3.05 bits per heavy atom. The first-order valence-corrected chi connectivity index (χ1v) is 6.20. The fourth-order valence-corrected chi connectivity index (χ4v) is 2.20. The SMILES string of the molecule is C=CC(=O)N(C)CC(=O)N1Cc2ccnn2CC1C. The number of hydrogen-bond donors (Lipinski definition) is 0. The van der Waals surface area contributed by atoms with E-state index in [-0.39, 0.29) is 24.4 Å². The molecule has 1 aromatic heterocycles. The summed E-state index contributed by atoms with van der Waals surface area (Å²) in [6, 6.07) is 1.98. The van der Waals surface area contributed by atoms with Gasteiger partial charge in [0.2, 0.25) is 11.8 Å². The molecule has 0 radical (unpaired) electrons. The lowest BCUT2D eigenvalue weighted by atomic mass is 10.2. The fraction of sp³-hybridized carbons (Fsp3) is 0.462. The van der Waals surface area contributed by atoms with Crippen LogP contribution in [0.1, 0.15) is 12.6 Å². The summed E-state index contributed by atoms with van der Waals surface area (Å²) in [4.78, 5) is 26.8. The topological polar surface area (TPSA) is 58.4 Å². The molecule has 102 valence electrons. The Bertz CT molecular complexity index is 508. The van der Waals surface area contributed by atoms with Crippen molar-refractivity contribution in [2.45, 2.75) is 26.1 Å². The van der Waals surface area contributed by atoms with E-state index in [0.717, 1.165) is 5.69 Å². The number of fused-ring (bicyclic) bond motifs is 1. The third kappa shape index (κ3) is 2.67. The van der Waals surface area contributed by atoms with E-state index in [0.29, 0.717) is 13.1 Å². The van der Waals surface area contributed by atoms with Crippen LogP contribution >= 0.6 is 0 Å². The average Bonchev–Trinajstić information content (AvgIpc) is 2.83. The molecule has 1 unspecified atom stereocenters. The van der Waals surface area contributed by atoms with Gasteiger partial charge in [-0.15, -0.1) is 0 Å². The van der Waals surface area contributed by atoms with E-state index in [1.54, 1.807) is 18.1 Å². The number of carbonyl (C=O) groups is 2. The fourth-order valence-electron chi connectivity index (χ4n) is 2.20. The number of amides is 2. The molecule has 1 atom stereocenters. The molecule has 2 amide bonds. The molecule has 1 aliphatic heterocycles. The molecule has 0 saturated carbocycles. The molecule has 1 aromatic rings. The van der Waals surface area contributed by atoms with Crippen LogP contribution in [0.2, 0.25) is 0 Å². The summed E-state index contributed by atoms with van der Waals surface area (Å²) in [5.41, 5.74) is 1.02. The van der Waals surface area contributed by atoms with E-state index in [4.69, 9.17) is 0 Å². The van der Waals surface area contributed by atoms with Crippen molar-refractivity contribution in [2.24, 2.45) is 0 Å². The summed E-state index contributed by atoms with van der Waals surface area (Å²) >= 11 is 0. The van der Waals surface area contributed by atoms with Crippen molar-refractivity contribution in [1.29, 1.82) is 0 Å². The van der Waals surface area contributed by atoms with Gasteiger partial charge in [0, 0.05) is 19.3 Å². The predicted molar refractivity (Wildman–Crippen MR) is 70.1 cm³/mol. The van der Waals surface area contributed by atoms with Crippen LogP contribution < -0.4 is 0 Å². The highest BCUT2D eigenvalue weighted by Crippen LogP contribution is 2.16. The molecule has 1 aliphatic rings. The van der Waals surface area contributed by atoms with Crippen molar-refractivity contribution < 1.29 is 9.59 Å². The minimum Gasteiger partial charge on any atom is -0.333 e. The molecule has 2 heterocycles. The second-order valence-electron chi connectivity index (χ2n) is 4.77. The van der Waals surface area contributed by atoms with Gasteiger partial charge in [-0.25, -0.2) is 0 Å². The molecule has 0 fully saturated rings.